The Morgan fingerprint density at radius 2 is 2.10 bits per heavy atom. The molecule has 0 aromatic heterocycles. The third-order valence-corrected chi connectivity index (χ3v) is 2.05. The zero-order valence-corrected chi connectivity index (χ0v) is 6.55. The average molecular weight is 141 g/mol. The molecule has 1 saturated heterocycles. The fourth-order valence-corrected chi connectivity index (χ4v) is 1.24. The van der Waals surface area contributed by atoms with Crippen LogP contribution >= 0.6 is 0 Å². The van der Waals surface area contributed by atoms with Crippen molar-refractivity contribution in [2.45, 2.75) is 18.9 Å². The summed E-state index contributed by atoms with van der Waals surface area (Å²) < 4.78 is 5.23. The van der Waals surface area contributed by atoms with Crippen LogP contribution in [0.5, 0.6) is 0 Å². The summed E-state index contributed by atoms with van der Waals surface area (Å²) in [7, 11) is 2.07. The molecule has 0 radical (unpaired) electrons. The van der Waals surface area contributed by atoms with Crippen molar-refractivity contribution in [3.8, 4) is 0 Å². The van der Waals surface area contributed by atoms with Gasteiger partial charge in [-0.3, -0.25) is 0 Å². The highest BCUT2D eigenvalue weighted by Gasteiger charge is 2.14. The van der Waals surface area contributed by atoms with Crippen LogP contribution in [0.25, 0.3) is 0 Å². The van der Waals surface area contributed by atoms with Gasteiger partial charge in [0, 0.05) is 26.3 Å². The molecule has 2 heteroatoms. The third kappa shape index (κ3) is 1.74. The second-order valence-corrected chi connectivity index (χ2v) is 2.69. The van der Waals surface area contributed by atoms with Crippen molar-refractivity contribution < 1.29 is 4.74 Å². The molecule has 0 saturated carbocycles. The first-order valence-corrected chi connectivity index (χ1v) is 3.77. The molecule has 0 amide bonds. The van der Waals surface area contributed by atoms with Crippen molar-refractivity contribution in [2.24, 2.45) is 0 Å². The van der Waals surface area contributed by atoms with E-state index in [0.717, 1.165) is 26.1 Å². The van der Waals surface area contributed by atoms with Gasteiger partial charge in [0.15, 0.2) is 0 Å². The Bertz CT molecular complexity index is 108. The van der Waals surface area contributed by atoms with Crippen molar-refractivity contribution in [3.05, 3.63) is 12.8 Å². The van der Waals surface area contributed by atoms with Gasteiger partial charge in [0.25, 0.3) is 0 Å². The lowest BCUT2D eigenvalue weighted by atomic mass is 10.1. The molecule has 0 N–H and O–H groups in total. The summed E-state index contributed by atoms with van der Waals surface area (Å²) in [5.74, 6) is 0. The van der Waals surface area contributed by atoms with Crippen LogP contribution in [0.3, 0.4) is 0 Å². The van der Waals surface area contributed by atoms with Gasteiger partial charge in [-0.25, -0.2) is 0 Å². The Labute approximate surface area is 62.5 Å². The molecular formula is C8H15NO. The van der Waals surface area contributed by atoms with Gasteiger partial charge in [0.05, 0.1) is 0 Å². The first kappa shape index (κ1) is 7.61. The molecule has 0 atom stereocenters. The van der Waals surface area contributed by atoms with Gasteiger partial charge in [-0.2, -0.15) is 0 Å². The van der Waals surface area contributed by atoms with Crippen LogP contribution in [0.4, 0.5) is 0 Å². The van der Waals surface area contributed by atoms with E-state index in [-0.39, 0.29) is 0 Å². The summed E-state index contributed by atoms with van der Waals surface area (Å²) in [6, 6.07) is 0.659. The average Bonchev–Trinajstić information content (AvgIpc) is 2.05. The molecule has 1 aliphatic heterocycles. The monoisotopic (exact) mass is 141 g/mol. The van der Waals surface area contributed by atoms with Gasteiger partial charge in [-0.1, -0.05) is 6.58 Å². The van der Waals surface area contributed by atoms with Crippen LogP contribution in [0, 0.1) is 0 Å². The molecule has 1 fully saturated rings. The SMILES string of the molecule is C=CN(C)C1CCOCC1. The highest BCUT2D eigenvalue weighted by atomic mass is 16.5. The normalized spacial score (nSPS) is 20.5. The van der Waals surface area contributed by atoms with E-state index in [2.05, 4.69) is 18.5 Å². The lowest BCUT2D eigenvalue weighted by Gasteiger charge is -2.29. The van der Waals surface area contributed by atoms with E-state index in [4.69, 9.17) is 4.74 Å². The standard InChI is InChI=1S/C8H15NO/c1-3-9(2)8-4-6-10-7-5-8/h3,8H,1,4-7H2,2H3. The van der Waals surface area contributed by atoms with Crippen molar-refractivity contribution in [1.82, 2.24) is 4.90 Å². The maximum Gasteiger partial charge on any atom is 0.0485 e. The summed E-state index contributed by atoms with van der Waals surface area (Å²) in [5, 5.41) is 0. The Kier molecular flexibility index (Phi) is 2.75. The molecule has 10 heavy (non-hydrogen) atoms. The fraction of sp³-hybridized carbons (Fsp3) is 0.750. The highest BCUT2D eigenvalue weighted by Crippen LogP contribution is 2.11. The Morgan fingerprint density at radius 1 is 1.50 bits per heavy atom. The smallest absolute Gasteiger partial charge is 0.0485 e. The predicted molar refractivity (Wildman–Crippen MR) is 41.8 cm³/mol. The van der Waals surface area contributed by atoms with E-state index in [1.807, 2.05) is 6.20 Å². The van der Waals surface area contributed by atoms with Gasteiger partial charge in [0.1, 0.15) is 0 Å². The van der Waals surface area contributed by atoms with E-state index >= 15 is 0 Å². The van der Waals surface area contributed by atoms with E-state index in [1.54, 1.807) is 0 Å². The number of hydrogen-bond acceptors (Lipinski definition) is 2. The summed E-state index contributed by atoms with van der Waals surface area (Å²) in [6.07, 6.45) is 4.17. The molecule has 0 unspecified atom stereocenters. The lowest BCUT2D eigenvalue weighted by molar-refractivity contribution is 0.0559. The van der Waals surface area contributed by atoms with Crippen molar-refractivity contribution >= 4 is 0 Å². The minimum absolute atomic E-state index is 0.659. The summed E-state index contributed by atoms with van der Waals surface area (Å²) in [6.45, 7) is 5.53. The van der Waals surface area contributed by atoms with Crippen molar-refractivity contribution in [2.75, 3.05) is 20.3 Å². The molecule has 0 aromatic rings. The maximum absolute atomic E-state index is 5.23. The lowest BCUT2D eigenvalue weighted by Crippen LogP contribution is -2.32. The third-order valence-electron chi connectivity index (χ3n) is 2.05. The van der Waals surface area contributed by atoms with Gasteiger partial charge in [-0.05, 0) is 19.0 Å². The fourth-order valence-electron chi connectivity index (χ4n) is 1.24. The van der Waals surface area contributed by atoms with Crippen molar-refractivity contribution in [3.63, 3.8) is 0 Å². The summed E-state index contributed by atoms with van der Waals surface area (Å²) in [5.41, 5.74) is 0. The zero-order valence-electron chi connectivity index (χ0n) is 6.55. The molecular weight excluding hydrogens is 126 g/mol. The number of ether oxygens (including phenoxy) is 1. The van der Waals surface area contributed by atoms with Crippen LogP contribution in [0.15, 0.2) is 12.8 Å². The molecule has 0 aliphatic carbocycles. The van der Waals surface area contributed by atoms with E-state index < -0.39 is 0 Å². The molecule has 0 aromatic carbocycles. The number of hydrogen-bond donors (Lipinski definition) is 0. The largest absolute Gasteiger partial charge is 0.381 e. The van der Waals surface area contributed by atoms with Crippen LogP contribution < -0.4 is 0 Å². The molecule has 0 bridgehead atoms. The van der Waals surface area contributed by atoms with Gasteiger partial charge in [0.2, 0.25) is 0 Å². The minimum atomic E-state index is 0.659. The molecule has 58 valence electrons. The molecule has 1 heterocycles. The first-order chi connectivity index (χ1) is 4.84. The second kappa shape index (κ2) is 3.62. The van der Waals surface area contributed by atoms with Crippen LogP contribution in [-0.4, -0.2) is 31.2 Å². The topological polar surface area (TPSA) is 12.5 Å². The Balaban J connectivity index is 2.30. The van der Waals surface area contributed by atoms with Crippen LogP contribution in [0.1, 0.15) is 12.8 Å². The highest BCUT2D eigenvalue weighted by molar-refractivity contribution is 4.78. The minimum Gasteiger partial charge on any atom is -0.381 e. The zero-order chi connectivity index (χ0) is 7.40. The van der Waals surface area contributed by atoms with Crippen molar-refractivity contribution in [1.29, 1.82) is 0 Å². The van der Waals surface area contributed by atoms with Crippen LogP contribution in [-0.2, 0) is 4.74 Å². The summed E-state index contributed by atoms with van der Waals surface area (Å²) in [4.78, 5) is 2.17. The molecule has 2 nitrogen and oxygen atoms in total. The van der Waals surface area contributed by atoms with Gasteiger partial charge >= 0.3 is 0 Å². The summed E-state index contributed by atoms with van der Waals surface area (Å²) >= 11 is 0. The van der Waals surface area contributed by atoms with E-state index in [9.17, 15) is 0 Å². The Hall–Kier alpha value is -0.500. The second-order valence-electron chi connectivity index (χ2n) is 2.69. The maximum atomic E-state index is 5.23. The van der Waals surface area contributed by atoms with Gasteiger partial charge < -0.3 is 9.64 Å². The Morgan fingerprint density at radius 3 is 2.60 bits per heavy atom. The first-order valence-electron chi connectivity index (χ1n) is 3.77. The number of rotatable bonds is 2. The number of nitrogens with zero attached hydrogens (tertiary/aromatic N) is 1. The van der Waals surface area contributed by atoms with Gasteiger partial charge in [-0.15, -0.1) is 0 Å². The molecule has 1 rings (SSSR count). The van der Waals surface area contributed by atoms with Crippen LogP contribution in [0.2, 0.25) is 0 Å². The van der Waals surface area contributed by atoms with E-state index in [1.165, 1.54) is 0 Å². The molecule has 0 spiro atoms. The molecule has 1 aliphatic rings. The quantitative estimate of drug-likeness (QED) is 0.573. The predicted octanol–water partition coefficient (Wildman–Crippen LogP) is 1.24. The van der Waals surface area contributed by atoms with E-state index in [0.29, 0.717) is 6.04 Å².